The third-order valence-corrected chi connectivity index (χ3v) is 7.47. The maximum Gasteiger partial charge on any atom is 0.255 e. The maximum atomic E-state index is 13.7. The lowest BCUT2D eigenvalue weighted by molar-refractivity contribution is -0.132. The molecule has 0 spiro atoms. The molecule has 32 heavy (non-hydrogen) atoms. The standard InChI is InChI=1S/C22H21IN2O7/c1-7-8-6-9-16(25(2)3)18(28)15(21(24)31)20(30)22(9,32)19(29)13(8)17(27)14-11(26)5-4-10(23)12(7)14/h4-5,9,16,26-27,30,32H,6H2,1-3H3,(H2,24,31)/t9-,16?,22-/m0/s1. The summed E-state index contributed by atoms with van der Waals surface area (Å²) in [5, 5.41) is 44.3. The number of Topliss-reactive ketones (excluding diaryl/α,β-unsaturated/α-hetero) is 2. The molecule has 4 rings (SSSR count). The van der Waals surface area contributed by atoms with Crippen molar-refractivity contribution in [3.05, 3.63) is 43.7 Å². The van der Waals surface area contributed by atoms with E-state index in [0.29, 0.717) is 16.5 Å². The molecule has 0 aliphatic heterocycles. The Labute approximate surface area is 196 Å². The molecule has 2 aliphatic rings. The molecule has 2 aromatic carbocycles. The van der Waals surface area contributed by atoms with Crippen LogP contribution < -0.4 is 5.73 Å². The number of likely N-dealkylation sites (N-methyl/N-ethyl adjacent to an activating group) is 1. The van der Waals surface area contributed by atoms with Gasteiger partial charge in [0, 0.05) is 14.9 Å². The number of hydrogen-bond acceptors (Lipinski definition) is 8. The van der Waals surface area contributed by atoms with Gasteiger partial charge in [-0.2, -0.15) is 0 Å². The Morgan fingerprint density at radius 2 is 1.81 bits per heavy atom. The summed E-state index contributed by atoms with van der Waals surface area (Å²) in [6, 6.07) is 1.92. The molecule has 1 amide bonds. The zero-order valence-corrected chi connectivity index (χ0v) is 19.6. The molecule has 9 nitrogen and oxygen atoms in total. The van der Waals surface area contributed by atoms with E-state index in [0.717, 1.165) is 3.57 Å². The largest absolute Gasteiger partial charge is 0.508 e. The van der Waals surface area contributed by atoms with Crippen molar-refractivity contribution >= 4 is 50.8 Å². The highest BCUT2D eigenvalue weighted by Gasteiger charge is 2.62. The molecular weight excluding hydrogens is 531 g/mol. The summed E-state index contributed by atoms with van der Waals surface area (Å²) < 4.78 is 0.724. The van der Waals surface area contributed by atoms with Crippen LogP contribution in [-0.4, -0.2) is 68.5 Å². The molecule has 2 aliphatic carbocycles. The van der Waals surface area contributed by atoms with E-state index < -0.39 is 52.1 Å². The first-order chi connectivity index (χ1) is 14.8. The second-order valence-electron chi connectivity index (χ2n) is 8.41. The van der Waals surface area contributed by atoms with Crippen molar-refractivity contribution < 1.29 is 34.8 Å². The van der Waals surface area contributed by atoms with E-state index in [1.54, 1.807) is 27.1 Å². The van der Waals surface area contributed by atoms with Gasteiger partial charge in [0.2, 0.25) is 5.78 Å². The first kappa shape index (κ1) is 22.5. The Morgan fingerprint density at radius 3 is 2.38 bits per heavy atom. The van der Waals surface area contributed by atoms with Crippen LogP contribution in [0.3, 0.4) is 0 Å². The number of rotatable bonds is 2. The van der Waals surface area contributed by atoms with Gasteiger partial charge < -0.3 is 26.2 Å². The van der Waals surface area contributed by atoms with Crippen molar-refractivity contribution in [1.82, 2.24) is 4.90 Å². The monoisotopic (exact) mass is 552 g/mol. The number of phenolic OH excluding ortho intramolecular Hbond substituents is 2. The van der Waals surface area contributed by atoms with E-state index in [9.17, 15) is 34.8 Å². The third-order valence-electron chi connectivity index (χ3n) is 6.57. The van der Waals surface area contributed by atoms with Crippen LogP contribution in [0, 0.1) is 16.4 Å². The molecule has 168 valence electrons. The number of aromatic hydroxyl groups is 2. The second-order valence-corrected chi connectivity index (χ2v) is 9.57. The summed E-state index contributed by atoms with van der Waals surface area (Å²) in [6.45, 7) is 1.72. The zero-order valence-electron chi connectivity index (χ0n) is 17.4. The smallest absolute Gasteiger partial charge is 0.255 e. The van der Waals surface area contributed by atoms with Crippen molar-refractivity contribution in [1.29, 1.82) is 0 Å². The Balaban J connectivity index is 2.13. The quantitative estimate of drug-likeness (QED) is 0.273. The van der Waals surface area contributed by atoms with Crippen LogP contribution >= 0.6 is 22.6 Å². The van der Waals surface area contributed by atoms with Crippen molar-refractivity contribution in [3.63, 3.8) is 0 Å². The molecule has 0 aromatic heterocycles. The average molecular weight is 552 g/mol. The van der Waals surface area contributed by atoms with Crippen molar-refractivity contribution in [3.8, 4) is 11.5 Å². The van der Waals surface area contributed by atoms with Crippen LogP contribution in [0.2, 0.25) is 0 Å². The molecule has 0 saturated heterocycles. The molecule has 0 heterocycles. The van der Waals surface area contributed by atoms with Crippen LogP contribution in [0.4, 0.5) is 0 Å². The number of hydrogen-bond donors (Lipinski definition) is 5. The fraction of sp³-hybridized carbons (Fsp3) is 0.318. The van der Waals surface area contributed by atoms with E-state index in [-0.39, 0.29) is 23.1 Å². The summed E-state index contributed by atoms with van der Waals surface area (Å²) >= 11 is 2.05. The molecule has 10 heteroatoms. The number of nitrogens with zero attached hydrogens (tertiary/aromatic N) is 1. The third kappa shape index (κ3) is 2.66. The average Bonchev–Trinajstić information content (AvgIpc) is 2.69. The highest BCUT2D eigenvalue weighted by molar-refractivity contribution is 14.1. The number of primary amides is 1. The second kappa shape index (κ2) is 7.15. The van der Waals surface area contributed by atoms with E-state index in [2.05, 4.69) is 22.6 Å². The van der Waals surface area contributed by atoms with Crippen molar-refractivity contribution in [2.75, 3.05) is 14.1 Å². The molecule has 0 saturated carbocycles. The SMILES string of the molecule is Cc1c2c(c(O)c3c(O)ccc(I)c13)C(=O)[C@]1(O)C(O)=C(C(N)=O)C(=O)C(N(C)C)[C@@H]1C2. The summed E-state index contributed by atoms with van der Waals surface area (Å²) in [4.78, 5) is 40.1. The number of aryl methyl sites for hydroxylation is 1. The number of benzene rings is 2. The Kier molecular flexibility index (Phi) is 5.03. The maximum absolute atomic E-state index is 13.7. The van der Waals surface area contributed by atoms with E-state index in [4.69, 9.17) is 5.73 Å². The van der Waals surface area contributed by atoms with Crippen LogP contribution in [0.1, 0.15) is 21.5 Å². The molecule has 0 fully saturated rings. The van der Waals surface area contributed by atoms with Gasteiger partial charge in [0.05, 0.1) is 17.0 Å². The topological polar surface area (TPSA) is 161 Å². The van der Waals surface area contributed by atoms with E-state index >= 15 is 0 Å². The lowest BCUT2D eigenvalue weighted by Crippen LogP contribution is -2.64. The highest BCUT2D eigenvalue weighted by atomic mass is 127. The molecule has 2 aromatic rings. The fourth-order valence-corrected chi connectivity index (χ4v) is 5.95. The summed E-state index contributed by atoms with van der Waals surface area (Å²) in [5.41, 5.74) is 2.52. The number of carbonyl (C=O) groups is 3. The minimum atomic E-state index is -2.66. The Bertz CT molecular complexity index is 1280. The number of aliphatic hydroxyl groups excluding tert-OH is 1. The van der Waals surface area contributed by atoms with Crippen molar-refractivity contribution in [2.24, 2.45) is 11.7 Å². The number of aliphatic hydroxyl groups is 2. The highest BCUT2D eigenvalue weighted by Crippen LogP contribution is 2.51. The molecule has 1 unspecified atom stereocenters. The predicted molar refractivity (Wildman–Crippen MR) is 123 cm³/mol. The summed E-state index contributed by atoms with van der Waals surface area (Å²) in [6.07, 6.45) is -0.0523. The molecule has 3 atom stereocenters. The minimum absolute atomic E-state index is 0.0400. The lowest BCUT2D eigenvalue weighted by Gasteiger charge is -2.47. The van der Waals surface area contributed by atoms with Gasteiger partial charge in [-0.3, -0.25) is 19.3 Å². The number of phenols is 2. The van der Waals surface area contributed by atoms with Gasteiger partial charge in [-0.15, -0.1) is 0 Å². The number of ketones is 2. The van der Waals surface area contributed by atoms with Crippen LogP contribution in [0.15, 0.2) is 23.5 Å². The minimum Gasteiger partial charge on any atom is -0.508 e. The van der Waals surface area contributed by atoms with Crippen LogP contribution in [0.25, 0.3) is 10.8 Å². The Morgan fingerprint density at radius 1 is 1.19 bits per heavy atom. The fourth-order valence-electron chi connectivity index (χ4n) is 5.10. The van der Waals surface area contributed by atoms with Crippen LogP contribution in [0.5, 0.6) is 11.5 Å². The number of amides is 1. The molecule has 0 radical (unpaired) electrons. The Hall–Kier alpha value is -2.70. The predicted octanol–water partition coefficient (Wildman–Crippen LogP) is 1.06. The normalized spacial score (nSPS) is 25.3. The van der Waals surface area contributed by atoms with E-state index in [1.165, 1.54) is 11.0 Å². The van der Waals surface area contributed by atoms with Gasteiger partial charge >= 0.3 is 0 Å². The molecular formula is C22H21IN2O7. The summed E-state index contributed by atoms with van der Waals surface area (Å²) in [5.74, 6) is -6.18. The molecule has 0 bridgehead atoms. The van der Waals surface area contributed by atoms with E-state index in [1.807, 2.05) is 0 Å². The van der Waals surface area contributed by atoms with Gasteiger partial charge in [0.15, 0.2) is 11.4 Å². The van der Waals surface area contributed by atoms with Gasteiger partial charge in [-0.1, -0.05) is 0 Å². The summed E-state index contributed by atoms with van der Waals surface area (Å²) in [7, 11) is 3.10. The number of nitrogens with two attached hydrogens (primary N) is 1. The number of halogens is 1. The van der Waals surface area contributed by atoms with Crippen LogP contribution in [-0.2, 0) is 16.0 Å². The first-order valence-electron chi connectivity index (χ1n) is 9.72. The molecule has 6 N–H and O–H groups in total. The lowest BCUT2D eigenvalue weighted by atomic mass is 9.61. The van der Waals surface area contributed by atoms with Gasteiger partial charge in [-0.25, -0.2) is 0 Å². The van der Waals surface area contributed by atoms with Gasteiger partial charge in [0.25, 0.3) is 5.91 Å². The first-order valence-corrected chi connectivity index (χ1v) is 10.8. The van der Waals surface area contributed by atoms with Gasteiger partial charge in [-0.05, 0) is 73.3 Å². The van der Waals surface area contributed by atoms with Crippen molar-refractivity contribution in [2.45, 2.75) is 25.0 Å². The number of carbonyl (C=O) groups excluding carboxylic acids is 3. The van der Waals surface area contributed by atoms with Gasteiger partial charge in [0.1, 0.15) is 22.8 Å². The zero-order chi connectivity index (χ0) is 23.9. The number of fused-ring (bicyclic) bond motifs is 3.